The van der Waals surface area contributed by atoms with Crippen LogP contribution in [0.5, 0.6) is 11.5 Å². The van der Waals surface area contributed by atoms with E-state index >= 15 is 0 Å². The summed E-state index contributed by atoms with van der Waals surface area (Å²) in [6.45, 7) is 3.13. The van der Waals surface area contributed by atoms with Crippen molar-refractivity contribution in [3.63, 3.8) is 0 Å². The number of aliphatic hydroxyl groups excluding tert-OH is 2. The topological polar surface area (TPSA) is 149 Å². The zero-order chi connectivity index (χ0) is 25.7. The quantitative estimate of drug-likeness (QED) is 0.349. The zero-order valence-electron chi connectivity index (χ0n) is 19.4. The van der Waals surface area contributed by atoms with Crippen LogP contribution in [0, 0.1) is 11.7 Å². The van der Waals surface area contributed by atoms with E-state index in [2.05, 4.69) is 4.98 Å². The van der Waals surface area contributed by atoms with Crippen molar-refractivity contribution in [2.75, 3.05) is 6.61 Å². The molecule has 3 rings (SSSR count). The Labute approximate surface area is 202 Å². The number of nitrogens with two attached hydrogens (primary N) is 2. The molecular formula is C26H28FN3O5. The fourth-order valence-electron chi connectivity index (χ4n) is 3.83. The van der Waals surface area contributed by atoms with Gasteiger partial charge >= 0.3 is 0 Å². The summed E-state index contributed by atoms with van der Waals surface area (Å²) in [7, 11) is 0. The van der Waals surface area contributed by atoms with Crippen molar-refractivity contribution in [2.45, 2.75) is 32.3 Å². The molecule has 184 valence electrons. The molecule has 2 amide bonds. The van der Waals surface area contributed by atoms with Crippen molar-refractivity contribution in [3.05, 3.63) is 77.2 Å². The molecule has 35 heavy (non-hydrogen) atoms. The molecule has 8 nitrogen and oxygen atoms in total. The number of rotatable bonds is 10. The SMILES string of the molecule is CC(C)C[C@H](C(N)=O)c1c([C@H](O)CO)cc(-c2ccc(Oc3ccc(F)cc3)cc2)nc1C(N)=O. The molecule has 2 atom stereocenters. The summed E-state index contributed by atoms with van der Waals surface area (Å²) >= 11 is 0. The Balaban J connectivity index is 2.07. The monoisotopic (exact) mass is 481 g/mol. The van der Waals surface area contributed by atoms with Crippen LogP contribution in [-0.2, 0) is 4.79 Å². The Morgan fingerprint density at radius 2 is 1.60 bits per heavy atom. The van der Waals surface area contributed by atoms with Gasteiger partial charge in [-0.05, 0) is 72.5 Å². The van der Waals surface area contributed by atoms with Crippen LogP contribution in [0.3, 0.4) is 0 Å². The molecular weight excluding hydrogens is 453 g/mol. The summed E-state index contributed by atoms with van der Waals surface area (Å²) < 4.78 is 18.8. The zero-order valence-corrected chi connectivity index (χ0v) is 19.4. The van der Waals surface area contributed by atoms with Gasteiger partial charge in [-0.15, -0.1) is 0 Å². The van der Waals surface area contributed by atoms with Crippen LogP contribution in [0.1, 0.15) is 53.9 Å². The Morgan fingerprint density at radius 1 is 1.03 bits per heavy atom. The minimum atomic E-state index is -1.39. The predicted molar refractivity (Wildman–Crippen MR) is 128 cm³/mol. The van der Waals surface area contributed by atoms with Crippen LogP contribution in [-0.4, -0.2) is 33.6 Å². The summed E-state index contributed by atoms with van der Waals surface area (Å²) in [5.41, 5.74) is 12.2. The smallest absolute Gasteiger partial charge is 0.267 e. The van der Waals surface area contributed by atoms with E-state index in [-0.39, 0.29) is 28.6 Å². The Bertz CT molecular complexity index is 1200. The van der Waals surface area contributed by atoms with Crippen LogP contribution >= 0.6 is 0 Å². The average molecular weight is 482 g/mol. The summed E-state index contributed by atoms with van der Waals surface area (Å²) in [6.07, 6.45) is -1.09. The molecule has 0 fully saturated rings. The number of aromatic nitrogens is 1. The van der Waals surface area contributed by atoms with Crippen molar-refractivity contribution < 1.29 is 28.9 Å². The fourth-order valence-corrected chi connectivity index (χ4v) is 3.83. The first-order valence-corrected chi connectivity index (χ1v) is 11.1. The molecule has 0 aliphatic carbocycles. The summed E-state index contributed by atoms with van der Waals surface area (Å²) in [5.74, 6) is -1.91. The van der Waals surface area contributed by atoms with Crippen LogP contribution in [0.25, 0.3) is 11.3 Å². The highest BCUT2D eigenvalue weighted by Gasteiger charge is 2.31. The summed E-state index contributed by atoms with van der Waals surface area (Å²) in [6, 6.07) is 13.8. The average Bonchev–Trinajstić information content (AvgIpc) is 2.83. The maximum atomic E-state index is 13.1. The van der Waals surface area contributed by atoms with Gasteiger partial charge in [-0.1, -0.05) is 13.8 Å². The van der Waals surface area contributed by atoms with Crippen molar-refractivity contribution in [1.82, 2.24) is 4.98 Å². The van der Waals surface area contributed by atoms with Crippen LogP contribution in [0.2, 0.25) is 0 Å². The lowest BCUT2D eigenvalue weighted by Crippen LogP contribution is -2.29. The van der Waals surface area contributed by atoms with Gasteiger partial charge in [0.25, 0.3) is 5.91 Å². The number of halogens is 1. The van der Waals surface area contributed by atoms with Crippen LogP contribution in [0.15, 0.2) is 54.6 Å². The van der Waals surface area contributed by atoms with E-state index in [0.717, 1.165) is 0 Å². The third kappa shape index (κ3) is 6.20. The lowest BCUT2D eigenvalue weighted by molar-refractivity contribution is -0.119. The number of hydrogen-bond acceptors (Lipinski definition) is 6. The number of nitrogens with zero attached hydrogens (tertiary/aromatic N) is 1. The van der Waals surface area contributed by atoms with Gasteiger partial charge in [0.1, 0.15) is 29.1 Å². The molecule has 3 aromatic rings. The van der Waals surface area contributed by atoms with E-state index in [1.807, 2.05) is 13.8 Å². The maximum Gasteiger partial charge on any atom is 0.267 e. The lowest BCUT2D eigenvalue weighted by atomic mass is 9.83. The van der Waals surface area contributed by atoms with Gasteiger partial charge in [-0.2, -0.15) is 0 Å². The van der Waals surface area contributed by atoms with Gasteiger partial charge in [-0.25, -0.2) is 9.37 Å². The Morgan fingerprint density at radius 3 is 2.09 bits per heavy atom. The Hall–Kier alpha value is -3.82. The summed E-state index contributed by atoms with van der Waals surface area (Å²) in [4.78, 5) is 29.1. The van der Waals surface area contributed by atoms with E-state index in [0.29, 0.717) is 29.2 Å². The number of amides is 2. The van der Waals surface area contributed by atoms with Crippen molar-refractivity contribution in [1.29, 1.82) is 0 Å². The first-order chi connectivity index (χ1) is 16.6. The number of pyridine rings is 1. The number of benzene rings is 2. The second-order valence-corrected chi connectivity index (χ2v) is 8.59. The van der Waals surface area contributed by atoms with Crippen LogP contribution in [0.4, 0.5) is 4.39 Å². The minimum Gasteiger partial charge on any atom is -0.457 e. The highest BCUT2D eigenvalue weighted by Crippen LogP contribution is 2.35. The van der Waals surface area contributed by atoms with E-state index in [9.17, 15) is 24.2 Å². The molecule has 0 radical (unpaired) electrons. The Kier molecular flexibility index (Phi) is 8.16. The first kappa shape index (κ1) is 25.8. The second kappa shape index (κ2) is 11.1. The van der Waals surface area contributed by atoms with Crippen molar-refractivity contribution >= 4 is 11.8 Å². The van der Waals surface area contributed by atoms with Crippen LogP contribution < -0.4 is 16.2 Å². The molecule has 6 N–H and O–H groups in total. The molecule has 0 unspecified atom stereocenters. The van der Waals surface area contributed by atoms with E-state index in [4.69, 9.17) is 16.2 Å². The van der Waals surface area contributed by atoms with Gasteiger partial charge in [0.05, 0.1) is 18.2 Å². The fraction of sp³-hybridized carbons (Fsp3) is 0.269. The molecule has 2 aromatic carbocycles. The number of carbonyl (C=O) groups excluding carboxylic acids is 2. The molecule has 9 heteroatoms. The number of carbonyl (C=O) groups is 2. The molecule has 0 aliphatic heterocycles. The van der Waals surface area contributed by atoms with Gasteiger partial charge in [0.2, 0.25) is 5.91 Å². The largest absolute Gasteiger partial charge is 0.457 e. The highest BCUT2D eigenvalue weighted by molar-refractivity contribution is 5.96. The third-order valence-corrected chi connectivity index (χ3v) is 5.45. The first-order valence-electron chi connectivity index (χ1n) is 11.1. The van der Waals surface area contributed by atoms with Gasteiger partial charge < -0.3 is 26.4 Å². The minimum absolute atomic E-state index is 0.0423. The van der Waals surface area contributed by atoms with Crippen molar-refractivity contribution in [3.8, 4) is 22.8 Å². The number of aliphatic hydroxyl groups is 2. The second-order valence-electron chi connectivity index (χ2n) is 8.59. The molecule has 1 heterocycles. The number of primary amides is 2. The molecule has 0 spiro atoms. The molecule has 0 bridgehead atoms. The van der Waals surface area contributed by atoms with Crippen molar-refractivity contribution in [2.24, 2.45) is 17.4 Å². The van der Waals surface area contributed by atoms with Gasteiger partial charge in [-0.3, -0.25) is 9.59 Å². The highest BCUT2D eigenvalue weighted by atomic mass is 19.1. The lowest BCUT2D eigenvalue weighted by Gasteiger charge is -2.24. The molecule has 1 aromatic heterocycles. The molecule has 0 aliphatic rings. The van der Waals surface area contributed by atoms with E-state index in [1.54, 1.807) is 24.3 Å². The number of hydrogen-bond donors (Lipinski definition) is 4. The third-order valence-electron chi connectivity index (χ3n) is 5.45. The molecule has 0 saturated carbocycles. The summed E-state index contributed by atoms with van der Waals surface area (Å²) in [5, 5.41) is 20.2. The van der Waals surface area contributed by atoms with E-state index < -0.39 is 30.4 Å². The predicted octanol–water partition coefficient (Wildman–Crippen LogP) is 3.42. The molecule has 0 saturated heterocycles. The standard InChI is InChI=1S/C26H28FN3O5/c1-14(2)11-20(25(28)33)23-19(22(32)13-31)12-21(30-24(23)26(29)34)15-3-7-17(8-4-15)35-18-9-5-16(27)6-10-18/h3-10,12,14,20,22,31-32H,11,13H2,1-2H3,(H2,28,33)(H2,29,34)/t20-,22+/m0/s1. The van der Waals surface area contributed by atoms with E-state index in [1.165, 1.54) is 30.3 Å². The maximum absolute atomic E-state index is 13.1. The number of ether oxygens (including phenoxy) is 1. The van der Waals surface area contributed by atoms with Gasteiger partial charge in [0, 0.05) is 11.1 Å². The normalized spacial score (nSPS) is 12.9. The van der Waals surface area contributed by atoms with Gasteiger partial charge in [0.15, 0.2) is 0 Å².